The molecule has 0 fully saturated rings. The van der Waals surface area contributed by atoms with Crippen LogP contribution < -0.4 is 14.8 Å². The van der Waals surface area contributed by atoms with E-state index in [1.54, 1.807) is 0 Å². The fourth-order valence-electron chi connectivity index (χ4n) is 1.81. The highest BCUT2D eigenvalue weighted by molar-refractivity contribution is 5.92. The van der Waals surface area contributed by atoms with E-state index in [0.29, 0.717) is 6.07 Å². The van der Waals surface area contributed by atoms with Gasteiger partial charge in [0.2, 0.25) is 0 Å². The number of carbonyl (C=O) groups is 1. The van der Waals surface area contributed by atoms with Gasteiger partial charge in [0.05, 0.1) is 23.8 Å². The van der Waals surface area contributed by atoms with Gasteiger partial charge in [0.15, 0.2) is 18.1 Å². The lowest BCUT2D eigenvalue weighted by atomic mass is 10.3. The van der Waals surface area contributed by atoms with Gasteiger partial charge in [0, 0.05) is 12.1 Å². The second-order valence-corrected chi connectivity index (χ2v) is 4.55. The Morgan fingerprint density at radius 2 is 1.96 bits per heavy atom. The minimum Gasteiger partial charge on any atom is -0.493 e. The Morgan fingerprint density at radius 1 is 1.21 bits per heavy atom. The number of amides is 1. The zero-order chi connectivity index (χ0) is 17.7. The number of carbonyl (C=O) groups excluding carboxylic acids is 1. The van der Waals surface area contributed by atoms with Crippen molar-refractivity contribution in [2.45, 2.75) is 0 Å². The Balaban J connectivity index is 2.05. The summed E-state index contributed by atoms with van der Waals surface area (Å²) in [7, 11) is 1.34. The van der Waals surface area contributed by atoms with Crippen LogP contribution in [0.3, 0.4) is 0 Å². The molecule has 0 aliphatic heterocycles. The lowest BCUT2D eigenvalue weighted by molar-refractivity contribution is -0.385. The van der Waals surface area contributed by atoms with Crippen LogP contribution in [0.15, 0.2) is 36.4 Å². The molecule has 0 spiro atoms. The fourth-order valence-corrected chi connectivity index (χ4v) is 1.81. The summed E-state index contributed by atoms with van der Waals surface area (Å²) in [6.45, 7) is -0.547. The largest absolute Gasteiger partial charge is 0.493 e. The van der Waals surface area contributed by atoms with E-state index in [4.69, 9.17) is 9.47 Å². The van der Waals surface area contributed by atoms with Gasteiger partial charge >= 0.3 is 0 Å². The summed E-state index contributed by atoms with van der Waals surface area (Å²) in [5, 5.41) is 13.0. The number of nitro benzene ring substituents is 1. The van der Waals surface area contributed by atoms with Crippen LogP contribution >= 0.6 is 0 Å². The first-order valence-electron chi connectivity index (χ1n) is 6.61. The summed E-state index contributed by atoms with van der Waals surface area (Å²) in [5.74, 6) is -2.25. The zero-order valence-corrected chi connectivity index (χ0v) is 12.4. The number of methoxy groups -OCH3 is 1. The third-order valence-electron chi connectivity index (χ3n) is 2.92. The third kappa shape index (κ3) is 4.15. The van der Waals surface area contributed by atoms with Crippen LogP contribution in [0.2, 0.25) is 0 Å². The molecule has 2 aromatic rings. The molecule has 126 valence electrons. The van der Waals surface area contributed by atoms with Crippen LogP contribution in [0.5, 0.6) is 11.5 Å². The van der Waals surface area contributed by atoms with Gasteiger partial charge in [-0.05, 0) is 18.2 Å². The normalized spacial score (nSPS) is 10.1. The predicted molar refractivity (Wildman–Crippen MR) is 80.1 cm³/mol. The lowest BCUT2D eigenvalue weighted by Gasteiger charge is -2.11. The molecule has 0 bridgehead atoms. The summed E-state index contributed by atoms with van der Waals surface area (Å²) in [4.78, 5) is 21.9. The number of hydrogen-bond acceptors (Lipinski definition) is 5. The number of rotatable bonds is 6. The highest BCUT2D eigenvalue weighted by atomic mass is 19.1. The topological polar surface area (TPSA) is 90.7 Å². The SMILES string of the molecule is COc1ccc([N+](=O)[O-])cc1OCC(=O)Nc1ccc(F)cc1F. The molecular formula is C15H12F2N2O5. The highest BCUT2D eigenvalue weighted by Crippen LogP contribution is 2.31. The molecule has 2 aromatic carbocycles. The highest BCUT2D eigenvalue weighted by Gasteiger charge is 2.14. The molecule has 0 heterocycles. The number of ether oxygens (including phenoxy) is 2. The van der Waals surface area contributed by atoms with E-state index in [1.165, 1.54) is 19.2 Å². The quantitative estimate of drug-likeness (QED) is 0.646. The Bertz CT molecular complexity index is 782. The summed E-state index contributed by atoms with van der Waals surface area (Å²) in [6, 6.07) is 6.33. The van der Waals surface area contributed by atoms with Crippen molar-refractivity contribution in [3.05, 3.63) is 58.1 Å². The van der Waals surface area contributed by atoms with Crippen molar-refractivity contribution in [1.29, 1.82) is 0 Å². The number of nitrogens with one attached hydrogen (secondary N) is 1. The van der Waals surface area contributed by atoms with Gasteiger partial charge in [-0.15, -0.1) is 0 Å². The summed E-state index contributed by atoms with van der Waals surface area (Å²) in [5.41, 5.74) is -0.452. The minimum absolute atomic E-state index is 0.0126. The molecule has 1 amide bonds. The maximum atomic E-state index is 13.4. The fraction of sp³-hybridized carbons (Fsp3) is 0.133. The molecule has 0 atom stereocenters. The number of hydrogen-bond donors (Lipinski definition) is 1. The first-order chi connectivity index (χ1) is 11.4. The van der Waals surface area contributed by atoms with Crippen LogP contribution in [-0.2, 0) is 4.79 Å². The van der Waals surface area contributed by atoms with E-state index in [9.17, 15) is 23.7 Å². The van der Waals surface area contributed by atoms with Crippen LogP contribution in [0.1, 0.15) is 0 Å². The van der Waals surface area contributed by atoms with Gasteiger partial charge in [0.25, 0.3) is 11.6 Å². The van der Waals surface area contributed by atoms with Crippen LogP contribution in [0.25, 0.3) is 0 Å². The number of benzene rings is 2. The lowest BCUT2D eigenvalue weighted by Crippen LogP contribution is -2.21. The Hall–Kier alpha value is -3.23. The molecule has 0 saturated heterocycles. The van der Waals surface area contributed by atoms with Crippen LogP contribution in [0, 0.1) is 21.7 Å². The van der Waals surface area contributed by atoms with Gasteiger partial charge in [-0.25, -0.2) is 8.78 Å². The summed E-state index contributed by atoms with van der Waals surface area (Å²) < 4.78 is 36.4. The van der Waals surface area contributed by atoms with Crippen molar-refractivity contribution in [2.75, 3.05) is 19.0 Å². The number of nitrogens with zero attached hydrogens (tertiary/aromatic N) is 1. The zero-order valence-electron chi connectivity index (χ0n) is 12.4. The standard InChI is InChI=1S/C15H12F2N2O5/c1-23-13-5-3-10(19(21)22)7-14(13)24-8-15(20)18-12-4-2-9(16)6-11(12)17/h2-7H,8H2,1H3,(H,18,20). The van der Waals surface area contributed by atoms with Gasteiger partial charge in [-0.3, -0.25) is 14.9 Å². The molecule has 1 N–H and O–H groups in total. The molecule has 0 aliphatic carbocycles. The molecule has 0 unspecified atom stereocenters. The first-order valence-corrected chi connectivity index (χ1v) is 6.61. The van der Waals surface area contributed by atoms with E-state index >= 15 is 0 Å². The van der Waals surface area contributed by atoms with E-state index < -0.39 is 29.1 Å². The van der Waals surface area contributed by atoms with Crippen molar-refractivity contribution in [3.8, 4) is 11.5 Å². The number of non-ortho nitro benzene ring substituents is 1. The van der Waals surface area contributed by atoms with E-state index in [-0.39, 0.29) is 22.9 Å². The molecule has 0 radical (unpaired) electrons. The van der Waals surface area contributed by atoms with Crippen molar-refractivity contribution in [2.24, 2.45) is 0 Å². The summed E-state index contributed by atoms with van der Waals surface area (Å²) >= 11 is 0. The predicted octanol–water partition coefficient (Wildman–Crippen LogP) is 2.90. The molecule has 0 saturated carbocycles. The molecule has 0 aromatic heterocycles. The van der Waals surface area contributed by atoms with Gasteiger partial charge in [-0.2, -0.15) is 0 Å². The Labute approximate surface area is 135 Å². The van der Waals surface area contributed by atoms with Crippen molar-refractivity contribution in [3.63, 3.8) is 0 Å². The Morgan fingerprint density at radius 3 is 2.58 bits per heavy atom. The average Bonchev–Trinajstić information content (AvgIpc) is 2.55. The number of anilines is 1. The minimum atomic E-state index is -0.934. The smallest absolute Gasteiger partial charge is 0.273 e. The number of halogens is 2. The maximum Gasteiger partial charge on any atom is 0.273 e. The second kappa shape index (κ2) is 7.36. The van der Waals surface area contributed by atoms with E-state index in [1.807, 2.05) is 0 Å². The van der Waals surface area contributed by atoms with Gasteiger partial charge in [-0.1, -0.05) is 0 Å². The first kappa shape index (κ1) is 17.1. The molecule has 7 nitrogen and oxygen atoms in total. The molecule has 2 rings (SSSR count). The van der Waals surface area contributed by atoms with Gasteiger partial charge < -0.3 is 14.8 Å². The van der Waals surface area contributed by atoms with Crippen LogP contribution in [0.4, 0.5) is 20.2 Å². The molecule has 0 aliphatic rings. The van der Waals surface area contributed by atoms with E-state index in [0.717, 1.165) is 18.2 Å². The van der Waals surface area contributed by atoms with Gasteiger partial charge in [0.1, 0.15) is 11.6 Å². The monoisotopic (exact) mass is 338 g/mol. The molecule has 9 heteroatoms. The van der Waals surface area contributed by atoms with Crippen molar-refractivity contribution < 1.29 is 28.0 Å². The molecule has 24 heavy (non-hydrogen) atoms. The number of nitro groups is 1. The third-order valence-corrected chi connectivity index (χ3v) is 2.92. The molecular weight excluding hydrogens is 326 g/mol. The van der Waals surface area contributed by atoms with Crippen LogP contribution in [-0.4, -0.2) is 24.5 Å². The second-order valence-electron chi connectivity index (χ2n) is 4.55. The van der Waals surface area contributed by atoms with Crippen molar-refractivity contribution >= 4 is 17.3 Å². The van der Waals surface area contributed by atoms with Crippen molar-refractivity contribution in [1.82, 2.24) is 0 Å². The maximum absolute atomic E-state index is 13.4. The Kier molecular flexibility index (Phi) is 5.25. The van der Waals surface area contributed by atoms with E-state index in [2.05, 4.69) is 5.32 Å². The average molecular weight is 338 g/mol. The summed E-state index contributed by atoms with van der Waals surface area (Å²) in [6.07, 6.45) is 0.